The second kappa shape index (κ2) is 8.54. The van der Waals surface area contributed by atoms with Gasteiger partial charge in [0, 0.05) is 30.4 Å². The van der Waals surface area contributed by atoms with Gasteiger partial charge in [0.15, 0.2) is 0 Å². The van der Waals surface area contributed by atoms with Crippen molar-refractivity contribution >= 4 is 34.4 Å². The van der Waals surface area contributed by atoms with Crippen LogP contribution in [0.25, 0.3) is 11.0 Å². The summed E-state index contributed by atoms with van der Waals surface area (Å²) in [6.07, 6.45) is -0.835. The van der Waals surface area contributed by atoms with Crippen LogP contribution in [0.4, 0.5) is 5.69 Å². The van der Waals surface area contributed by atoms with Crippen molar-refractivity contribution in [2.24, 2.45) is 0 Å². The fraction of sp³-hybridized carbons (Fsp3) is 0.182. The van der Waals surface area contributed by atoms with Crippen LogP contribution in [-0.2, 0) is 14.4 Å². The molecule has 1 unspecified atom stereocenters. The van der Waals surface area contributed by atoms with Crippen molar-refractivity contribution in [2.75, 3.05) is 0 Å². The van der Waals surface area contributed by atoms with E-state index < -0.39 is 40.0 Å². The lowest BCUT2D eigenvalue weighted by atomic mass is 10.1. The molecule has 168 valence electrons. The Kier molecular flexibility index (Phi) is 5.61. The number of fused-ring (bicyclic) bond motifs is 1. The minimum Gasteiger partial charge on any atom is -0.486 e. The molecule has 4 rings (SSSR count). The third kappa shape index (κ3) is 4.28. The van der Waals surface area contributed by atoms with Gasteiger partial charge in [-0.1, -0.05) is 12.1 Å². The van der Waals surface area contributed by atoms with Gasteiger partial charge in [-0.2, -0.15) is 0 Å². The Labute approximate surface area is 185 Å². The van der Waals surface area contributed by atoms with Crippen molar-refractivity contribution in [2.45, 2.75) is 25.9 Å². The fourth-order valence-electron chi connectivity index (χ4n) is 3.36. The van der Waals surface area contributed by atoms with Crippen LogP contribution < -0.4 is 10.4 Å². The summed E-state index contributed by atoms with van der Waals surface area (Å²) in [6.45, 7) is 1.64. The van der Waals surface area contributed by atoms with Crippen molar-refractivity contribution in [3.63, 3.8) is 0 Å². The summed E-state index contributed by atoms with van der Waals surface area (Å²) in [5, 5.41) is 11.9. The standard InChI is InChI=1S/C22H16N2O9/c1-12(15-4-2-3-5-17(15)24(29)30)31-14-7-6-13-10-16(21(27)32-18(13)11-14)22(28)33-23-19(25)8-9-20(23)26/h2-7,10-12H,8-9H2,1H3. The van der Waals surface area contributed by atoms with Gasteiger partial charge in [0.1, 0.15) is 23.0 Å². The molecule has 11 nitrogen and oxygen atoms in total. The zero-order chi connectivity index (χ0) is 23.7. The molecule has 3 aromatic rings. The van der Waals surface area contributed by atoms with E-state index >= 15 is 0 Å². The third-order valence-corrected chi connectivity index (χ3v) is 4.99. The highest BCUT2D eigenvalue weighted by atomic mass is 16.7. The Hall–Kier alpha value is -4.54. The maximum absolute atomic E-state index is 12.3. The predicted molar refractivity (Wildman–Crippen MR) is 111 cm³/mol. The van der Waals surface area contributed by atoms with E-state index in [1.807, 2.05) is 0 Å². The molecule has 1 atom stereocenters. The number of carbonyl (C=O) groups excluding carboxylic acids is 3. The minimum atomic E-state index is -1.19. The summed E-state index contributed by atoms with van der Waals surface area (Å²) in [7, 11) is 0. The van der Waals surface area contributed by atoms with Gasteiger partial charge in [0.05, 0.1) is 10.5 Å². The lowest BCUT2D eigenvalue weighted by Crippen LogP contribution is -2.33. The number of nitro benzene ring substituents is 1. The van der Waals surface area contributed by atoms with Crippen LogP contribution in [0.15, 0.2) is 57.7 Å². The molecule has 0 bridgehead atoms. The van der Waals surface area contributed by atoms with E-state index in [-0.39, 0.29) is 29.9 Å². The Morgan fingerprint density at radius 1 is 1.09 bits per heavy atom. The smallest absolute Gasteiger partial charge is 0.371 e. The number of rotatable bonds is 6. The van der Waals surface area contributed by atoms with E-state index in [0.717, 1.165) is 0 Å². The Balaban J connectivity index is 1.57. The zero-order valence-corrected chi connectivity index (χ0v) is 17.2. The van der Waals surface area contributed by atoms with Gasteiger partial charge >= 0.3 is 11.6 Å². The van der Waals surface area contributed by atoms with Crippen LogP contribution in [0, 0.1) is 10.1 Å². The topological polar surface area (TPSA) is 146 Å². The Morgan fingerprint density at radius 2 is 1.79 bits per heavy atom. The molecule has 1 aliphatic rings. The second-order valence-electron chi connectivity index (χ2n) is 7.18. The number of para-hydroxylation sites is 1. The van der Waals surface area contributed by atoms with Crippen molar-refractivity contribution in [1.29, 1.82) is 0 Å². The average molecular weight is 452 g/mol. The molecule has 1 aromatic heterocycles. The first-order valence-corrected chi connectivity index (χ1v) is 9.80. The van der Waals surface area contributed by atoms with Crippen LogP contribution in [0.1, 0.15) is 41.8 Å². The highest BCUT2D eigenvalue weighted by Crippen LogP contribution is 2.30. The summed E-state index contributed by atoms with van der Waals surface area (Å²) < 4.78 is 11.0. The molecule has 1 saturated heterocycles. The van der Waals surface area contributed by atoms with Crippen molar-refractivity contribution < 1.29 is 33.3 Å². The Bertz CT molecular complexity index is 1350. The molecule has 1 aliphatic heterocycles. The third-order valence-electron chi connectivity index (χ3n) is 4.99. The highest BCUT2D eigenvalue weighted by molar-refractivity contribution is 6.03. The zero-order valence-electron chi connectivity index (χ0n) is 17.2. The summed E-state index contributed by atoms with van der Waals surface area (Å²) in [5.74, 6) is -2.26. The van der Waals surface area contributed by atoms with Gasteiger partial charge in [0.2, 0.25) is 0 Å². The molecule has 33 heavy (non-hydrogen) atoms. The van der Waals surface area contributed by atoms with Crippen LogP contribution >= 0.6 is 0 Å². The molecule has 0 saturated carbocycles. The molecule has 11 heteroatoms. The van der Waals surface area contributed by atoms with Crippen LogP contribution in [-0.4, -0.2) is 27.8 Å². The van der Waals surface area contributed by atoms with Gasteiger partial charge in [-0.15, -0.1) is 5.06 Å². The number of nitro groups is 1. The lowest BCUT2D eigenvalue weighted by Gasteiger charge is -2.15. The number of carbonyl (C=O) groups is 3. The average Bonchev–Trinajstić information content (AvgIpc) is 3.10. The molecule has 2 amide bonds. The number of amides is 2. The summed E-state index contributed by atoms with van der Waals surface area (Å²) >= 11 is 0. The lowest BCUT2D eigenvalue weighted by molar-refractivity contribution is -0.386. The van der Waals surface area contributed by atoms with Crippen LogP contribution in [0.3, 0.4) is 0 Å². The quantitative estimate of drug-likeness (QED) is 0.238. The largest absolute Gasteiger partial charge is 0.486 e. The van der Waals surface area contributed by atoms with E-state index in [4.69, 9.17) is 14.0 Å². The summed E-state index contributed by atoms with van der Waals surface area (Å²) in [6, 6.07) is 11.8. The van der Waals surface area contributed by atoms with Gasteiger partial charge in [0.25, 0.3) is 17.5 Å². The SMILES string of the molecule is CC(Oc1ccc2cc(C(=O)ON3C(=O)CCC3=O)c(=O)oc2c1)c1ccccc1[N+](=O)[O-]. The van der Waals surface area contributed by atoms with E-state index in [1.54, 1.807) is 25.1 Å². The maximum atomic E-state index is 12.3. The van der Waals surface area contributed by atoms with E-state index in [0.29, 0.717) is 16.0 Å². The number of benzene rings is 2. The van der Waals surface area contributed by atoms with E-state index in [2.05, 4.69) is 0 Å². The number of hydrogen-bond acceptors (Lipinski definition) is 9. The predicted octanol–water partition coefficient (Wildman–Crippen LogP) is 3.06. The number of hydrogen-bond donors (Lipinski definition) is 0. The van der Waals surface area contributed by atoms with Gasteiger partial charge in [-0.25, -0.2) is 9.59 Å². The highest BCUT2D eigenvalue weighted by Gasteiger charge is 2.34. The van der Waals surface area contributed by atoms with Crippen LogP contribution in [0.2, 0.25) is 0 Å². The number of hydroxylamine groups is 2. The van der Waals surface area contributed by atoms with Gasteiger partial charge in [-0.05, 0) is 31.2 Å². The molecular formula is C22H16N2O9. The number of imide groups is 1. The van der Waals surface area contributed by atoms with Crippen molar-refractivity contribution in [3.05, 3.63) is 80.2 Å². The second-order valence-corrected chi connectivity index (χ2v) is 7.18. The first kappa shape index (κ1) is 21.7. The van der Waals surface area contributed by atoms with E-state index in [9.17, 15) is 29.3 Å². The number of ether oxygens (including phenoxy) is 1. The van der Waals surface area contributed by atoms with E-state index in [1.165, 1.54) is 30.3 Å². The van der Waals surface area contributed by atoms with Crippen LogP contribution in [0.5, 0.6) is 5.75 Å². The molecule has 0 aliphatic carbocycles. The summed E-state index contributed by atoms with van der Waals surface area (Å²) in [4.78, 5) is 63.3. The van der Waals surface area contributed by atoms with Gasteiger partial charge < -0.3 is 14.0 Å². The first-order valence-electron chi connectivity index (χ1n) is 9.80. The molecule has 1 fully saturated rings. The molecule has 2 aromatic carbocycles. The monoisotopic (exact) mass is 452 g/mol. The summed E-state index contributed by atoms with van der Waals surface area (Å²) in [5.41, 5.74) is -1.15. The number of nitrogens with zero attached hydrogens (tertiary/aromatic N) is 2. The molecule has 2 heterocycles. The minimum absolute atomic E-state index is 0.0776. The molecule has 0 spiro atoms. The van der Waals surface area contributed by atoms with Crippen molar-refractivity contribution in [3.8, 4) is 5.75 Å². The van der Waals surface area contributed by atoms with Crippen molar-refractivity contribution in [1.82, 2.24) is 5.06 Å². The molecular weight excluding hydrogens is 436 g/mol. The first-order chi connectivity index (χ1) is 15.7. The fourth-order valence-corrected chi connectivity index (χ4v) is 3.36. The Morgan fingerprint density at radius 3 is 2.48 bits per heavy atom. The molecule has 0 radical (unpaired) electrons. The normalized spacial score (nSPS) is 14.4. The molecule has 0 N–H and O–H groups in total. The van der Waals surface area contributed by atoms with Gasteiger partial charge in [-0.3, -0.25) is 19.7 Å². The maximum Gasteiger partial charge on any atom is 0.371 e.